The summed E-state index contributed by atoms with van der Waals surface area (Å²) in [6.07, 6.45) is 0. The molecule has 0 aliphatic carbocycles. The molecule has 2 rings (SSSR count). The third-order valence-corrected chi connectivity index (χ3v) is 2.68. The van der Waals surface area contributed by atoms with Crippen molar-refractivity contribution < 1.29 is 9.66 Å². The van der Waals surface area contributed by atoms with Crippen LogP contribution in [0.1, 0.15) is 5.56 Å². The predicted molar refractivity (Wildman–Crippen MR) is 74.5 cm³/mol. The number of halogens is 1. The van der Waals surface area contributed by atoms with Crippen molar-refractivity contribution in [2.24, 2.45) is 5.84 Å². The molecule has 0 aliphatic heterocycles. The van der Waals surface area contributed by atoms with E-state index in [0.717, 1.165) is 5.56 Å². The van der Waals surface area contributed by atoms with Gasteiger partial charge in [0.15, 0.2) is 0 Å². The standard InChI is InChI=1S/C12H11ClN4O3/c13-9-3-1-2-8(6-9)7-20-12-10(17(18)19)4-5-11(15-12)16-14/h1-6H,7,14H2,(H,15,16). The number of rotatable bonds is 5. The molecule has 0 radical (unpaired) electrons. The van der Waals surface area contributed by atoms with Crippen molar-refractivity contribution in [1.82, 2.24) is 4.98 Å². The van der Waals surface area contributed by atoms with Crippen LogP contribution in [0.5, 0.6) is 5.88 Å². The first-order chi connectivity index (χ1) is 9.60. The highest BCUT2D eigenvalue weighted by molar-refractivity contribution is 6.30. The number of pyridine rings is 1. The number of hydrogen-bond acceptors (Lipinski definition) is 6. The fourth-order valence-corrected chi connectivity index (χ4v) is 1.75. The molecule has 7 nitrogen and oxygen atoms in total. The zero-order valence-electron chi connectivity index (χ0n) is 10.2. The van der Waals surface area contributed by atoms with Crippen LogP contribution in [0.4, 0.5) is 11.5 Å². The molecular weight excluding hydrogens is 284 g/mol. The number of nitrogens with zero attached hydrogens (tertiary/aromatic N) is 2. The summed E-state index contributed by atoms with van der Waals surface area (Å²) in [5.74, 6) is 5.39. The molecule has 0 bridgehead atoms. The Labute approximate surface area is 119 Å². The van der Waals surface area contributed by atoms with Crippen molar-refractivity contribution in [1.29, 1.82) is 0 Å². The monoisotopic (exact) mass is 294 g/mol. The number of nitrogens with one attached hydrogen (secondary N) is 1. The number of nitrogens with two attached hydrogens (primary N) is 1. The van der Waals surface area contributed by atoms with Gasteiger partial charge in [0, 0.05) is 11.1 Å². The number of hydrazine groups is 1. The third-order valence-electron chi connectivity index (χ3n) is 2.45. The van der Waals surface area contributed by atoms with Crippen LogP contribution in [-0.4, -0.2) is 9.91 Å². The second kappa shape index (κ2) is 6.18. The smallest absolute Gasteiger partial charge is 0.331 e. The van der Waals surface area contributed by atoms with Gasteiger partial charge in [0.2, 0.25) is 0 Å². The topological polar surface area (TPSA) is 103 Å². The van der Waals surface area contributed by atoms with Gasteiger partial charge in [-0.3, -0.25) is 10.1 Å². The maximum Gasteiger partial charge on any atom is 0.331 e. The van der Waals surface area contributed by atoms with Gasteiger partial charge in [0.1, 0.15) is 12.4 Å². The fraction of sp³-hybridized carbons (Fsp3) is 0.0833. The van der Waals surface area contributed by atoms with E-state index in [1.165, 1.54) is 12.1 Å². The number of benzene rings is 1. The van der Waals surface area contributed by atoms with E-state index in [1.54, 1.807) is 24.3 Å². The Hall–Kier alpha value is -2.38. The molecule has 104 valence electrons. The average Bonchev–Trinajstić information content (AvgIpc) is 2.44. The van der Waals surface area contributed by atoms with Crippen molar-refractivity contribution in [3.8, 4) is 5.88 Å². The molecular formula is C12H11ClN4O3. The van der Waals surface area contributed by atoms with E-state index in [9.17, 15) is 10.1 Å². The van der Waals surface area contributed by atoms with Crippen LogP contribution in [0, 0.1) is 10.1 Å². The van der Waals surface area contributed by atoms with Gasteiger partial charge in [0.05, 0.1) is 4.92 Å². The molecule has 0 amide bonds. The van der Waals surface area contributed by atoms with Crippen LogP contribution in [0.25, 0.3) is 0 Å². The number of aromatic nitrogens is 1. The number of hydrogen-bond donors (Lipinski definition) is 2. The minimum atomic E-state index is -0.569. The molecule has 0 saturated carbocycles. The maximum atomic E-state index is 10.9. The highest BCUT2D eigenvalue weighted by Crippen LogP contribution is 2.27. The van der Waals surface area contributed by atoms with Crippen LogP contribution in [0.3, 0.4) is 0 Å². The molecule has 0 spiro atoms. The summed E-state index contributed by atoms with van der Waals surface area (Å²) in [5, 5.41) is 11.5. The second-order valence-electron chi connectivity index (χ2n) is 3.84. The van der Waals surface area contributed by atoms with Crippen LogP contribution in [-0.2, 0) is 6.61 Å². The molecule has 2 aromatic rings. The van der Waals surface area contributed by atoms with E-state index in [1.807, 2.05) is 0 Å². The summed E-state index contributed by atoms with van der Waals surface area (Å²) in [5.41, 5.74) is 2.85. The first-order valence-corrected chi connectivity index (χ1v) is 5.97. The summed E-state index contributed by atoms with van der Waals surface area (Å²) in [7, 11) is 0. The normalized spacial score (nSPS) is 10.1. The van der Waals surface area contributed by atoms with Gasteiger partial charge in [-0.05, 0) is 23.8 Å². The lowest BCUT2D eigenvalue weighted by atomic mass is 10.2. The summed E-state index contributed by atoms with van der Waals surface area (Å²) in [4.78, 5) is 14.2. The van der Waals surface area contributed by atoms with Gasteiger partial charge in [-0.25, -0.2) is 5.84 Å². The van der Waals surface area contributed by atoms with Crippen molar-refractivity contribution >= 4 is 23.1 Å². The Morgan fingerprint density at radius 2 is 2.20 bits per heavy atom. The average molecular weight is 295 g/mol. The lowest BCUT2D eigenvalue weighted by molar-refractivity contribution is -0.386. The van der Waals surface area contributed by atoms with Crippen molar-refractivity contribution in [2.75, 3.05) is 5.43 Å². The van der Waals surface area contributed by atoms with E-state index in [2.05, 4.69) is 10.4 Å². The third kappa shape index (κ3) is 3.34. The Balaban J connectivity index is 2.21. The van der Waals surface area contributed by atoms with Gasteiger partial charge < -0.3 is 10.2 Å². The van der Waals surface area contributed by atoms with Crippen LogP contribution < -0.4 is 16.0 Å². The highest BCUT2D eigenvalue weighted by atomic mass is 35.5. The number of anilines is 1. The highest BCUT2D eigenvalue weighted by Gasteiger charge is 2.17. The van der Waals surface area contributed by atoms with E-state index >= 15 is 0 Å². The Morgan fingerprint density at radius 3 is 2.85 bits per heavy atom. The van der Waals surface area contributed by atoms with Crippen molar-refractivity contribution in [2.45, 2.75) is 6.61 Å². The quantitative estimate of drug-likeness (QED) is 0.499. The van der Waals surface area contributed by atoms with Crippen molar-refractivity contribution in [3.63, 3.8) is 0 Å². The molecule has 1 aromatic carbocycles. The van der Waals surface area contributed by atoms with E-state index < -0.39 is 4.92 Å². The number of ether oxygens (including phenoxy) is 1. The molecule has 0 atom stereocenters. The lowest BCUT2D eigenvalue weighted by Gasteiger charge is -2.07. The second-order valence-corrected chi connectivity index (χ2v) is 4.28. The first kappa shape index (κ1) is 14.0. The zero-order valence-corrected chi connectivity index (χ0v) is 11.0. The molecule has 20 heavy (non-hydrogen) atoms. The van der Waals surface area contributed by atoms with Crippen LogP contribution in [0.15, 0.2) is 36.4 Å². The Morgan fingerprint density at radius 1 is 1.40 bits per heavy atom. The molecule has 0 fully saturated rings. The Bertz CT molecular complexity index is 636. The molecule has 3 N–H and O–H groups in total. The van der Waals surface area contributed by atoms with Gasteiger partial charge in [-0.2, -0.15) is 4.98 Å². The van der Waals surface area contributed by atoms with E-state index in [0.29, 0.717) is 5.02 Å². The van der Waals surface area contributed by atoms with Gasteiger partial charge in [-0.15, -0.1) is 0 Å². The largest absolute Gasteiger partial charge is 0.468 e. The summed E-state index contributed by atoms with van der Waals surface area (Å²) in [6, 6.07) is 9.66. The molecule has 0 saturated heterocycles. The zero-order chi connectivity index (χ0) is 14.5. The minimum absolute atomic E-state index is 0.106. The molecule has 0 unspecified atom stereocenters. The van der Waals surface area contributed by atoms with Gasteiger partial charge in [0.25, 0.3) is 5.88 Å². The summed E-state index contributed by atoms with van der Waals surface area (Å²) in [6.45, 7) is 0.114. The molecule has 1 heterocycles. The molecule has 1 aromatic heterocycles. The van der Waals surface area contributed by atoms with Gasteiger partial charge >= 0.3 is 5.69 Å². The summed E-state index contributed by atoms with van der Waals surface area (Å²) >= 11 is 5.85. The Kier molecular flexibility index (Phi) is 4.34. The van der Waals surface area contributed by atoms with Crippen molar-refractivity contribution in [3.05, 3.63) is 57.1 Å². The number of nitro groups is 1. The predicted octanol–water partition coefficient (Wildman–Crippen LogP) is 2.51. The molecule has 8 heteroatoms. The number of nitrogen functional groups attached to an aromatic ring is 1. The van der Waals surface area contributed by atoms with Crippen LogP contribution in [0.2, 0.25) is 5.02 Å². The molecule has 0 aliphatic rings. The van der Waals surface area contributed by atoms with E-state index in [4.69, 9.17) is 22.2 Å². The fourth-order valence-electron chi connectivity index (χ4n) is 1.54. The van der Waals surface area contributed by atoms with E-state index in [-0.39, 0.29) is 24.0 Å². The SMILES string of the molecule is NNc1ccc([N+](=O)[O-])c(OCc2cccc(Cl)c2)n1. The first-order valence-electron chi connectivity index (χ1n) is 5.59. The minimum Gasteiger partial charge on any atom is -0.468 e. The maximum absolute atomic E-state index is 10.9. The lowest BCUT2D eigenvalue weighted by Crippen LogP contribution is -2.10. The summed E-state index contributed by atoms with van der Waals surface area (Å²) < 4.78 is 5.38. The van der Waals surface area contributed by atoms with Crippen LogP contribution >= 0.6 is 11.6 Å². The van der Waals surface area contributed by atoms with Gasteiger partial charge in [-0.1, -0.05) is 23.7 Å².